The molecule has 5 heteroatoms. The number of hydrogen-bond acceptors (Lipinski definition) is 3. The Bertz CT molecular complexity index is 256. The average molecular weight is 168 g/mol. The number of amides is 1. The number of nitrogens with two attached hydrogens (primary N) is 2. The number of rotatable bonds is 3. The van der Waals surface area contributed by atoms with Gasteiger partial charge in [-0.05, 0) is 13.0 Å². The first-order chi connectivity index (χ1) is 5.63. The van der Waals surface area contributed by atoms with Crippen LogP contribution in [-0.4, -0.2) is 21.7 Å². The molecule has 0 bridgehead atoms. The molecule has 0 aliphatic heterocycles. The predicted octanol–water partition coefficient (Wildman–Crippen LogP) is -0.743. The van der Waals surface area contributed by atoms with Gasteiger partial charge in [0.25, 0.3) is 0 Å². The van der Waals surface area contributed by atoms with E-state index < -0.39 is 11.9 Å². The molecule has 0 aromatic carbocycles. The molecule has 1 heterocycles. The van der Waals surface area contributed by atoms with E-state index in [1.165, 1.54) is 0 Å². The van der Waals surface area contributed by atoms with E-state index in [9.17, 15) is 4.79 Å². The largest absolute Gasteiger partial charge is 0.368 e. The van der Waals surface area contributed by atoms with E-state index in [1.807, 2.05) is 0 Å². The molecule has 4 N–H and O–H groups in total. The Morgan fingerprint density at radius 2 is 2.33 bits per heavy atom. The van der Waals surface area contributed by atoms with Gasteiger partial charge in [-0.15, -0.1) is 0 Å². The maximum Gasteiger partial charge on any atom is 0.236 e. The minimum Gasteiger partial charge on any atom is -0.368 e. The van der Waals surface area contributed by atoms with Crippen molar-refractivity contribution in [3.63, 3.8) is 0 Å². The standard InChI is InChI=1S/C7H12N4O/c1-5(6(8)7(9)12)11-4-2-3-10-11/h2-6H,8H2,1H3,(H2,9,12). The van der Waals surface area contributed by atoms with E-state index in [0.29, 0.717) is 0 Å². The lowest BCUT2D eigenvalue weighted by Crippen LogP contribution is -2.42. The third-order valence-electron chi connectivity index (χ3n) is 1.79. The zero-order valence-electron chi connectivity index (χ0n) is 6.84. The second-order valence-corrected chi connectivity index (χ2v) is 2.65. The topological polar surface area (TPSA) is 86.9 Å². The normalized spacial score (nSPS) is 15.5. The van der Waals surface area contributed by atoms with Crippen LogP contribution in [0.5, 0.6) is 0 Å². The summed E-state index contributed by atoms with van der Waals surface area (Å²) >= 11 is 0. The molecule has 0 saturated carbocycles. The Labute approximate surface area is 70.3 Å². The summed E-state index contributed by atoms with van der Waals surface area (Å²) in [6.07, 6.45) is 3.37. The SMILES string of the molecule is CC(C(N)C(N)=O)n1cccn1. The van der Waals surface area contributed by atoms with E-state index in [0.717, 1.165) is 0 Å². The van der Waals surface area contributed by atoms with Gasteiger partial charge in [-0.2, -0.15) is 5.10 Å². The number of nitrogens with zero attached hydrogens (tertiary/aromatic N) is 2. The molecule has 0 radical (unpaired) electrons. The molecule has 66 valence electrons. The first-order valence-corrected chi connectivity index (χ1v) is 3.67. The van der Waals surface area contributed by atoms with Crippen LogP contribution in [0.15, 0.2) is 18.5 Å². The first-order valence-electron chi connectivity index (χ1n) is 3.67. The van der Waals surface area contributed by atoms with Crippen LogP contribution in [0.1, 0.15) is 13.0 Å². The predicted molar refractivity (Wildman–Crippen MR) is 44.1 cm³/mol. The second kappa shape index (κ2) is 3.36. The summed E-state index contributed by atoms with van der Waals surface area (Å²) in [5.41, 5.74) is 10.6. The summed E-state index contributed by atoms with van der Waals surface area (Å²) in [6, 6.07) is 0.881. The van der Waals surface area contributed by atoms with Gasteiger partial charge in [0.1, 0.15) is 6.04 Å². The summed E-state index contributed by atoms with van der Waals surface area (Å²) in [7, 11) is 0. The highest BCUT2D eigenvalue weighted by molar-refractivity contribution is 5.80. The lowest BCUT2D eigenvalue weighted by Gasteiger charge is -2.16. The number of carbonyl (C=O) groups is 1. The van der Waals surface area contributed by atoms with Crippen molar-refractivity contribution in [3.8, 4) is 0 Å². The molecule has 1 aromatic heterocycles. The van der Waals surface area contributed by atoms with Crippen LogP contribution in [0, 0.1) is 0 Å². The second-order valence-electron chi connectivity index (χ2n) is 2.65. The molecule has 1 rings (SSSR count). The lowest BCUT2D eigenvalue weighted by molar-refractivity contribution is -0.120. The highest BCUT2D eigenvalue weighted by atomic mass is 16.1. The van der Waals surface area contributed by atoms with Gasteiger partial charge in [-0.3, -0.25) is 9.48 Å². The molecule has 1 amide bonds. The van der Waals surface area contributed by atoms with Crippen LogP contribution < -0.4 is 11.5 Å². The molecule has 0 spiro atoms. The van der Waals surface area contributed by atoms with Gasteiger partial charge in [0.05, 0.1) is 6.04 Å². The summed E-state index contributed by atoms with van der Waals surface area (Å²) in [4.78, 5) is 10.7. The molecule has 0 fully saturated rings. The average Bonchev–Trinajstić information content (AvgIpc) is 2.53. The molecule has 0 aliphatic rings. The molecule has 5 nitrogen and oxygen atoms in total. The fourth-order valence-corrected chi connectivity index (χ4v) is 0.924. The number of carbonyl (C=O) groups excluding carboxylic acids is 1. The monoisotopic (exact) mass is 168 g/mol. The fourth-order valence-electron chi connectivity index (χ4n) is 0.924. The van der Waals surface area contributed by atoms with Gasteiger partial charge in [-0.25, -0.2) is 0 Å². The molecule has 0 saturated heterocycles. The number of hydrogen-bond donors (Lipinski definition) is 2. The molecule has 2 atom stereocenters. The minimum absolute atomic E-state index is 0.197. The van der Waals surface area contributed by atoms with Gasteiger partial charge >= 0.3 is 0 Å². The summed E-state index contributed by atoms with van der Waals surface area (Å²) in [5, 5.41) is 3.95. The van der Waals surface area contributed by atoms with Gasteiger partial charge in [0, 0.05) is 12.4 Å². The van der Waals surface area contributed by atoms with Crippen LogP contribution in [0.4, 0.5) is 0 Å². The first kappa shape index (κ1) is 8.73. The van der Waals surface area contributed by atoms with Gasteiger partial charge < -0.3 is 11.5 Å². The Kier molecular flexibility index (Phi) is 2.44. The number of aromatic nitrogens is 2. The Hall–Kier alpha value is -1.36. The molecular formula is C7H12N4O. The molecule has 12 heavy (non-hydrogen) atoms. The Balaban J connectivity index is 2.71. The van der Waals surface area contributed by atoms with Crippen molar-refractivity contribution >= 4 is 5.91 Å². The van der Waals surface area contributed by atoms with Crippen LogP contribution >= 0.6 is 0 Å². The van der Waals surface area contributed by atoms with E-state index in [-0.39, 0.29) is 6.04 Å². The van der Waals surface area contributed by atoms with Crippen molar-refractivity contribution in [2.24, 2.45) is 11.5 Å². The summed E-state index contributed by atoms with van der Waals surface area (Å²) < 4.78 is 1.61. The van der Waals surface area contributed by atoms with E-state index in [4.69, 9.17) is 11.5 Å². The molecular weight excluding hydrogens is 156 g/mol. The molecule has 1 aromatic rings. The van der Waals surface area contributed by atoms with Crippen LogP contribution in [0.25, 0.3) is 0 Å². The van der Waals surface area contributed by atoms with Crippen molar-refractivity contribution < 1.29 is 4.79 Å². The lowest BCUT2D eigenvalue weighted by atomic mass is 10.1. The Morgan fingerprint density at radius 1 is 1.67 bits per heavy atom. The van der Waals surface area contributed by atoms with E-state index in [1.54, 1.807) is 30.1 Å². The van der Waals surface area contributed by atoms with E-state index in [2.05, 4.69) is 5.10 Å². The third-order valence-corrected chi connectivity index (χ3v) is 1.79. The maximum atomic E-state index is 10.7. The minimum atomic E-state index is -0.690. The van der Waals surface area contributed by atoms with Crippen LogP contribution in [0.3, 0.4) is 0 Å². The van der Waals surface area contributed by atoms with Crippen molar-refractivity contribution in [1.82, 2.24) is 9.78 Å². The Morgan fingerprint density at radius 3 is 2.75 bits per heavy atom. The van der Waals surface area contributed by atoms with Crippen molar-refractivity contribution in [2.75, 3.05) is 0 Å². The van der Waals surface area contributed by atoms with Crippen molar-refractivity contribution in [1.29, 1.82) is 0 Å². The summed E-state index contributed by atoms with van der Waals surface area (Å²) in [5.74, 6) is -0.516. The summed E-state index contributed by atoms with van der Waals surface area (Å²) in [6.45, 7) is 1.79. The van der Waals surface area contributed by atoms with Crippen LogP contribution in [0.2, 0.25) is 0 Å². The molecule has 2 unspecified atom stereocenters. The highest BCUT2D eigenvalue weighted by Crippen LogP contribution is 2.06. The highest BCUT2D eigenvalue weighted by Gasteiger charge is 2.19. The van der Waals surface area contributed by atoms with E-state index >= 15 is 0 Å². The zero-order chi connectivity index (χ0) is 9.14. The van der Waals surface area contributed by atoms with Gasteiger partial charge in [0.2, 0.25) is 5.91 Å². The zero-order valence-corrected chi connectivity index (χ0v) is 6.84. The quantitative estimate of drug-likeness (QED) is 0.623. The third kappa shape index (κ3) is 1.62. The van der Waals surface area contributed by atoms with Crippen molar-refractivity contribution in [2.45, 2.75) is 19.0 Å². The van der Waals surface area contributed by atoms with Crippen LogP contribution in [-0.2, 0) is 4.79 Å². The van der Waals surface area contributed by atoms with Gasteiger partial charge in [-0.1, -0.05) is 0 Å². The fraction of sp³-hybridized carbons (Fsp3) is 0.429. The van der Waals surface area contributed by atoms with Gasteiger partial charge in [0.15, 0.2) is 0 Å². The van der Waals surface area contributed by atoms with Crippen molar-refractivity contribution in [3.05, 3.63) is 18.5 Å². The number of primary amides is 1. The smallest absolute Gasteiger partial charge is 0.236 e. The maximum absolute atomic E-state index is 10.7. The molecule has 0 aliphatic carbocycles.